The second-order valence-electron chi connectivity index (χ2n) is 11.0. The molecule has 0 radical (unpaired) electrons. The highest BCUT2D eigenvalue weighted by molar-refractivity contribution is 5.36. The van der Waals surface area contributed by atoms with Crippen LogP contribution in [0.25, 0.3) is 0 Å². The molecular formula is C29H46. The maximum absolute atomic E-state index is 2.65. The van der Waals surface area contributed by atoms with E-state index in [1.807, 2.05) is 0 Å². The molecule has 0 nitrogen and oxygen atoms in total. The topological polar surface area (TPSA) is 0 Å². The molecule has 0 spiro atoms. The van der Waals surface area contributed by atoms with E-state index in [1.54, 1.807) is 23.1 Å². The van der Waals surface area contributed by atoms with E-state index in [1.165, 1.54) is 96.3 Å². The van der Waals surface area contributed by atoms with E-state index < -0.39 is 0 Å². The molecule has 1 aromatic rings. The number of unbranched alkanes of at least 4 members (excludes halogenated alkanes) is 3. The van der Waals surface area contributed by atoms with Crippen LogP contribution in [0.5, 0.6) is 0 Å². The SMILES string of the molecule is CCCCCC1CCC2CC(c3ccc4c(c3)CCC(CCCC)C4)CCC2C1. The van der Waals surface area contributed by atoms with Gasteiger partial charge in [0.25, 0.3) is 0 Å². The minimum atomic E-state index is 0.857. The van der Waals surface area contributed by atoms with Crippen LogP contribution in [-0.4, -0.2) is 0 Å². The van der Waals surface area contributed by atoms with Crippen LogP contribution >= 0.6 is 0 Å². The summed E-state index contributed by atoms with van der Waals surface area (Å²) in [6, 6.07) is 7.70. The van der Waals surface area contributed by atoms with Gasteiger partial charge in [-0.25, -0.2) is 0 Å². The van der Waals surface area contributed by atoms with Gasteiger partial charge in [0.2, 0.25) is 0 Å². The fourth-order valence-corrected chi connectivity index (χ4v) is 7.08. The Balaban J connectivity index is 1.31. The molecule has 0 aliphatic heterocycles. The molecule has 5 unspecified atom stereocenters. The van der Waals surface area contributed by atoms with E-state index >= 15 is 0 Å². The Kier molecular flexibility index (Phi) is 7.77. The quantitative estimate of drug-likeness (QED) is 0.386. The first-order chi connectivity index (χ1) is 14.3. The van der Waals surface area contributed by atoms with Crippen molar-refractivity contribution in [2.45, 2.75) is 122 Å². The van der Waals surface area contributed by atoms with Crippen LogP contribution < -0.4 is 0 Å². The van der Waals surface area contributed by atoms with Gasteiger partial charge in [-0.3, -0.25) is 0 Å². The maximum Gasteiger partial charge on any atom is -0.0159 e. The minimum absolute atomic E-state index is 0.857. The van der Waals surface area contributed by atoms with Gasteiger partial charge in [0.1, 0.15) is 0 Å². The molecule has 0 bridgehead atoms. The number of benzene rings is 1. The summed E-state index contributed by atoms with van der Waals surface area (Å²) in [6.45, 7) is 4.67. The molecule has 29 heavy (non-hydrogen) atoms. The first-order valence-electron chi connectivity index (χ1n) is 13.4. The molecule has 3 aliphatic rings. The predicted octanol–water partition coefficient (Wildman–Crippen LogP) is 8.86. The van der Waals surface area contributed by atoms with Crippen molar-refractivity contribution in [2.24, 2.45) is 23.7 Å². The number of hydrogen-bond donors (Lipinski definition) is 0. The van der Waals surface area contributed by atoms with E-state index in [4.69, 9.17) is 0 Å². The van der Waals surface area contributed by atoms with Crippen LogP contribution in [0, 0.1) is 23.7 Å². The molecule has 5 atom stereocenters. The normalized spacial score (nSPS) is 31.9. The van der Waals surface area contributed by atoms with Crippen molar-refractivity contribution in [3.05, 3.63) is 34.9 Å². The first-order valence-corrected chi connectivity index (χ1v) is 13.4. The van der Waals surface area contributed by atoms with Gasteiger partial charge in [-0.2, -0.15) is 0 Å². The molecule has 0 N–H and O–H groups in total. The van der Waals surface area contributed by atoms with E-state index in [-0.39, 0.29) is 0 Å². The van der Waals surface area contributed by atoms with Crippen LogP contribution in [0.4, 0.5) is 0 Å². The van der Waals surface area contributed by atoms with Gasteiger partial charge in [-0.1, -0.05) is 83.4 Å². The van der Waals surface area contributed by atoms with E-state index in [9.17, 15) is 0 Å². The van der Waals surface area contributed by atoms with Crippen LogP contribution in [0.3, 0.4) is 0 Å². The second kappa shape index (κ2) is 10.5. The largest absolute Gasteiger partial charge is 0.0654 e. The molecule has 0 aromatic heterocycles. The summed E-state index contributed by atoms with van der Waals surface area (Å²) in [6.07, 6.45) is 23.3. The summed E-state index contributed by atoms with van der Waals surface area (Å²) in [5.41, 5.74) is 5.08. The maximum atomic E-state index is 2.65. The Bertz CT molecular complexity index is 629. The average molecular weight is 395 g/mol. The van der Waals surface area contributed by atoms with Gasteiger partial charge < -0.3 is 0 Å². The molecule has 1 aromatic carbocycles. The van der Waals surface area contributed by atoms with Crippen molar-refractivity contribution >= 4 is 0 Å². The molecule has 0 heterocycles. The molecule has 3 aliphatic carbocycles. The molecule has 2 saturated carbocycles. The number of hydrogen-bond acceptors (Lipinski definition) is 0. The first kappa shape index (κ1) is 21.5. The Hall–Kier alpha value is -0.780. The minimum Gasteiger partial charge on any atom is -0.0654 e. The summed E-state index contributed by atoms with van der Waals surface area (Å²) in [5, 5.41) is 0. The molecule has 0 saturated heterocycles. The zero-order valence-electron chi connectivity index (χ0n) is 19.4. The van der Waals surface area contributed by atoms with Crippen molar-refractivity contribution < 1.29 is 0 Å². The van der Waals surface area contributed by atoms with Crippen LogP contribution in [0.15, 0.2) is 18.2 Å². The number of fused-ring (bicyclic) bond motifs is 2. The monoisotopic (exact) mass is 394 g/mol. The Morgan fingerprint density at radius 3 is 2.38 bits per heavy atom. The Morgan fingerprint density at radius 1 is 0.724 bits per heavy atom. The average Bonchev–Trinajstić information content (AvgIpc) is 2.77. The third kappa shape index (κ3) is 5.48. The molecule has 2 fully saturated rings. The van der Waals surface area contributed by atoms with Crippen molar-refractivity contribution in [3.63, 3.8) is 0 Å². The molecular weight excluding hydrogens is 348 g/mol. The van der Waals surface area contributed by atoms with Gasteiger partial charge in [0, 0.05) is 0 Å². The summed E-state index contributed by atoms with van der Waals surface area (Å²) in [4.78, 5) is 0. The fraction of sp³-hybridized carbons (Fsp3) is 0.793. The number of aryl methyl sites for hydroxylation is 1. The van der Waals surface area contributed by atoms with Crippen LogP contribution in [-0.2, 0) is 12.8 Å². The zero-order valence-corrected chi connectivity index (χ0v) is 19.4. The van der Waals surface area contributed by atoms with Crippen LogP contribution in [0.1, 0.15) is 126 Å². The Morgan fingerprint density at radius 2 is 1.52 bits per heavy atom. The third-order valence-electron chi connectivity index (χ3n) is 8.94. The smallest absolute Gasteiger partial charge is 0.0159 e. The highest BCUT2D eigenvalue weighted by atomic mass is 14.4. The standard InChI is InChI=1S/C29H46/c1-3-5-7-9-23-11-13-27-21-29(17-15-25(27)19-23)28-16-14-24-18-22(8-6-4-2)10-12-26(24)20-28/h14,16,20,22-23,25,27,29H,3-13,15,17-19,21H2,1-2H3. The lowest BCUT2D eigenvalue weighted by atomic mass is 9.63. The van der Waals surface area contributed by atoms with Crippen LogP contribution in [0.2, 0.25) is 0 Å². The lowest BCUT2D eigenvalue weighted by Crippen LogP contribution is -2.30. The highest BCUT2D eigenvalue weighted by Gasteiger charge is 2.36. The van der Waals surface area contributed by atoms with Crippen molar-refractivity contribution in [1.29, 1.82) is 0 Å². The Labute approximate surface area is 181 Å². The third-order valence-corrected chi connectivity index (χ3v) is 8.94. The van der Waals surface area contributed by atoms with Gasteiger partial charge in [0.15, 0.2) is 0 Å². The van der Waals surface area contributed by atoms with E-state index in [0.717, 1.165) is 29.6 Å². The zero-order chi connectivity index (χ0) is 20.1. The predicted molar refractivity (Wildman–Crippen MR) is 127 cm³/mol. The van der Waals surface area contributed by atoms with Crippen molar-refractivity contribution in [2.75, 3.05) is 0 Å². The molecule has 0 heteroatoms. The summed E-state index contributed by atoms with van der Waals surface area (Å²) in [7, 11) is 0. The molecule has 162 valence electrons. The molecule has 0 amide bonds. The van der Waals surface area contributed by atoms with Gasteiger partial charge in [-0.15, -0.1) is 0 Å². The summed E-state index contributed by atoms with van der Waals surface area (Å²) >= 11 is 0. The summed E-state index contributed by atoms with van der Waals surface area (Å²) < 4.78 is 0. The van der Waals surface area contributed by atoms with Gasteiger partial charge in [0.05, 0.1) is 0 Å². The van der Waals surface area contributed by atoms with Crippen molar-refractivity contribution in [1.82, 2.24) is 0 Å². The number of rotatable bonds is 8. The summed E-state index contributed by atoms with van der Waals surface area (Å²) in [5.74, 6) is 4.96. The van der Waals surface area contributed by atoms with Gasteiger partial charge >= 0.3 is 0 Å². The molecule has 4 rings (SSSR count). The fourth-order valence-electron chi connectivity index (χ4n) is 7.08. The second-order valence-corrected chi connectivity index (χ2v) is 11.0. The lowest BCUT2D eigenvalue weighted by Gasteiger charge is -2.42. The lowest BCUT2D eigenvalue weighted by molar-refractivity contribution is 0.113. The van der Waals surface area contributed by atoms with Gasteiger partial charge in [-0.05, 0) is 97.6 Å². The van der Waals surface area contributed by atoms with Crippen molar-refractivity contribution in [3.8, 4) is 0 Å². The highest BCUT2D eigenvalue weighted by Crippen LogP contribution is 2.48. The van der Waals surface area contributed by atoms with E-state index in [2.05, 4.69) is 32.0 Å². The van der Waals surface area contributed by atoms with E-state index in [0.29, 0.717) is 0 Å².